The van der Waals surface area contributed by atoms with E-state index in [0.29, 0.717) is 5.92 Å². The van der Waals surface area contributed by atoms with Gasteiger partial charge in [0.15, 0.2) is 5.65 Å². The van der Waals surface area contributed by atoms with Gasteiger partial charge < -0.3 is 9.47 Å². The van der Waals surface area contributed by atoms with Crippen LogP contribution < -0.4 is 0 Å². The number of likely N-dealkylation sites (tertiary alicyclic amines) is 1. The van der Waals surface area contributed by atoms with Crippen molar-refractivity contribution in [3.8, 4) is 0 Å². The van der Waals surface area contributed by atoms with Crippen LogP contribution in [0.15, 0.2) is 18.3 Å². The fraction of sp³-hybridized carbons (Fsp3) is 0.647. The summed E-state index contributed by atoms with van der Waals surface area (Å²) in [5.41, 5.74) is 2.31. The number of piperidine rings is 1. The number of fused-ring (bicyclic) bond motifs is 1. The third-order valence-electron chi connectivity index (χ3n) is 4.25. The molecule has 1 aliphatic rings. The number of rotatable bonds is 2. The first-order chi connectivity index (χ1) is 9.94. The molecule has 2 aromatic heterocycles. The first-order valence-corrected chi connectivity index (χ1v) is 7.94. The standard InChI is InChI=1S/C17H26N4/c1-17(2,3)12-21-15(13-7-10-20(4)11-8-13)19-14-6-5-9-18-16(14)21/h5-6,9,13H,7-8,10-12H2,1-4H3. The molecule has 1 aliphatic heterocycles. The molecule has 3 rings (SSSR count). The van der Waals surface area contributed by atoms with E-state index in [0.717, 1.165) is 30.8 Å². The summed E-state index contributed by atoms with van der Waals surface area (Å²) < 4.78 is 2.37. The molecule has 0 amide bonds. The predicted molar refractivity (Wildman–Crippen MR) is 86.5 cm³/mol. The lowest BCUT2D eigenvalue weighted by molar-refractivity contribution is 0.244. The largest absolute Gasteiger partial charge is 0.312 e. The van der Waals surface area contributed by atoms with Gasteiger partial charge in [-0.25, -0.2) is 9.97 Å². The predicted octanol–water partition coefficient (Wildman–Crippen LogP) is 3.29. The Bertz CT molecular complexity index is 615. The minimum atomic E-state index is 0.228. The lowest BCUT2D eigenvalue weighted by Gasteiger charge is -2.30. The van der Waals surface area contributed by atoms with E-state index in [-0.39, 0.29) is 5.41 Å². The average molecular weight is 286 g/mol. The average Bonchev–Trinajstić information content (AvgIpc) is 2.77. The summed E-state index contributed by atoms with van der Waals surface area (Å²) in [5, 5.41) is 0. The normalized spacial score (nSPS) is 18.5. The molecule has 0 aliphatic carbocycles. The van der Waals surface area contributed by atoms with Gasteiger partial charge in [-0.2, -0.15) is 0 Å². The molecule has 1 fully saturated rings. The molecule has 0 radical (unpaired) electrons. The number of hydrogen-bond donors (Lipinski definition) is 0. The van der Waals surface area contributed by atoms with Crippen LogP contribution >= 0.6 is 0 Å². The topological polar surface area (TPSA) is 34.0 Å². The first kappa shape index (κ1) is 14.5. The summed E-state index contributed by atoms with van der Waals surface area (Å²) in [6, 6.07) is 4.06. The summed E-state index contributed by atoms with van der Waals surface area (Å²) in [7, 11) is 2.20. The van der Waals surface area contributed by atoms with Crippen LogP contribution in [0, 0.1) is 5.41 Å². The molecule has 21 heavy (non-hydrogen) atoms. The zero-order valence-corrected chi connectivity index (χ0v) is 13.6. The fourth-order valence-electron chi connectivity index (χ4n) is 3.18. The summed E-state index contributed by atoms with van der Waals surface area (Å²) in [6.45, 7) is 10.1. The Morgan fingerprint density at radius 3 is 2.62 bits per heavy atom. The maximum absolute atomic E-state index is 4.93. The number of aromatic nitrogens is 3. The highest BCUT2D eigenvalue weighted by Gasteiger charge is 2.26. The fourth-order valence-corrected chi connectivity index (χ4v) is 3.18. The quantitative estimate of drug-likeness (QED) is 0.849. The number of nitrogens with zero attached hydrogens (tertiary/aromatic N) is 4. The molecule has 0 unspecified atom stereocenters. The van der Waals surface area contributed by atoms with Gasteiger partial charge in [-0.1, -0.05) is 20.8 Å². The molecule has 3 heterocycles. The SMILES string of the molecule is CN1CCC(c2nc3cccnc3n2CC(C)(C)C)CC1. The Morgan fingerprint density at radius 1 is 1.24 bits per heavy atom. The van der Waals surface area contributed by atoms with Crippen molar-refractivity contribution >= 4 is 11.2 Å². The zero-order valence-electron chi connectivity index (χ0n) is 13.6. The van der Waals surface area contributed by atoms with E-state index in [1.807, 2.05) is 12.3 Å². The third kappa shape index (κ3) is 3.10. The van der Waals surface area contributed by atoms with Crippen LogP contribution in [0.3, 0.4) is 0 Å². The van der Waals surface area contributed by atoms with Crippen LogP contribution in [0.2, 0.25) is 0 Å². The van der Waals surface area contributed by atoms with Crippen LogP contribution in [0.5, 0.6) is 0 Å². The smallest absolute Gasteiger partial charge is 0.160 e. The van der Waals surface area contributed by atoms with E-state index in [9.17, 15) is 0 Å². The summed E-state index contributed by atoms with van der Waals surface area (Å²) in [5.74, 6) is 1.81. The van der Waals surface area contributed by atoms with Crippen LogP contribution in [0.25, 0.3) is 11.2 Å². The Kier molecular flexibility index (Phi) is 3.74. The Morgan fingerprint density at radius 2 is 1.95 bits per heavy atom. The maximum Gasteiger partial charge on any atom is 0.160 e. The second-order valence-electron chi connectivity index (χ2n) is 7.54. The molecule has 0 saturated carbocycles. The van der Waals surface area contributed by atoms with Gasteiger partial charge in [0, 0.05) is 18.7 Å². The number of hydrogen-bond acceptors (Lipinski definition) is 3. The molecular formula is C17H26N4. The second-order valence-corrected chi connectivity index (χ2v) is 7.54. The van der Waals surface area contributed by atoms with Crippen molar-refractivity contribution in [3.63, 3.8) is 0 Å². The molecule has 0 aromatic carbocycles. The van der Waals surface area contributed by atoms with Gasteiger partial charge in [-0.3, -0.25) is 0 Å². The molecule has 2 aromatic rings. The molecule has 114 valence electrons. The minimum Gasteiger partial charge on any atom is -0.312 e. The van der Waals surface area contributed by atoms with Gasteiger partial charge in [-0.05, 0) is 50.5 Å². The van der Waals surface area contributed by atoms with E-state index in [1.165, 1.54) is 18.7 Å². The van der Waals surface area contributed by atoms with Gasteiger partial charge in [0.25, 0.3) is 0 Å². The molecule has 0 atom stereocenters. The van der Waals surface area contributed by atoms with Crippen LogP contribution in [0.4, 0.5) is 0 Å². The van der Waals surface area contributed by atoms with Crippen molar-refractivity contribution in [1.82, 2.24) is 19.4 Å². The van der Waals surface area contributed by atoms with E-state index >= 15 is 0 Å². The Labute approximate surface area is 127 Å². The molecule has 0 spiro atoms. The third-order valence-corrected chi connectivity index (χ3v) is 4.25. The molecular weight excluding hydrogens is 260 g/mol. The van der Waals surface area contributed by atoms with E-state index in [1.54, 1.807) is 0 Å². The van der Waals surface area contributed by atoms with E-state index in [2.05, 4.69) is 48.3 Å². The minimum absolute atomic E-state index is 0.228. The van der Waals surface area contributed by atoms with Gasteiger partial charge in [0.05, 0.1) is 0 Å². The van der Waals surface area contributed by atoms with E-state index < -0.39 is 0 Å². The number of pyridine rings is 1. The van der Waals surface area contributed by atoms with Crippen LogP contribution in [-0.4, -0.2) is 39.6 Å². The second kappa shape index (κ2) is 5.41. The highest BCUT2D eigenvalue weighted by molar-refractivity contribution is 5.71. The summed E-state index contributed by atoms with van der Waals surface area (Å²) in [6.07, 6.45) is 4.27. The maximum atomic E-state index is 4.93. The van der Waals surface area contributed by atoms with Crippen molar-refractivity contribution in [3.05, 3.63) is 24.2 Å². The van der Waals surface area contributed by atoms with Crippen molar-refractivity contribution in [2.45, 2.75) is 46.1 Å². The van der Waals surface area contributed by atoms with Gasteiger partial charge in [0.1, 0.15) is 11.3 Å². The van der Waals surface area contributed by atoms with E-state index in [4.69, 9.17) is 4.98 Å². The summed E-state index contributed by atoms with van der Waals surface area (Å²) in [4.78, 5) is 11.9. The number of imidazole rings is 1. The monoisotopic (exact) mass is 286 g/mol. The molecule has 4 heteroatoms. The van der Waals surface area contributed by atoms with Crippen molar-refractivity contribution in [2.24, 2.45) is 5.41 Å². The van der Waals surface area contributed by atoms with Crippen LogP contribution in [-0.2, 0) is 6.54 Å². The molecule has 4 nitrogen and oxygen atoms in total. The lowest BCUT2D eigenvalue weighted by Crippen LogP contribution is -2.31. The lowest BCUT2D eigenvalue weighted by atomic mass is 9.94. The van der Waals surface area contributed by atoms with Crippen molar-refractivity contribution in [1.29, 1.82) is 0 Å². The van der Waals surface area contributed by atoms with Gasteiger partial charge >= 0.3 is 0 Å². The van der Waals surface area contributed by atoms with Crippen molar-refractivity contribution in [2.75, 3.05) is 20.1 Å². The zero-order chi connectivity index (χ0) is 15.0. The summed E-state index contributed by atoms with van der Waals surface area (Å²) >= 11 is 0. The highest BCUT2D eigenvalue weighted by Crippen LogP contribution is 2.31. The molecule has 0 bridgehead atoms. The van der Waals surface area contributed by atoms with Gasteiger partial charge in [-0.15, -0.1) is 0 Å². The van der Waals surface area contributed by atoms with Crippen molar-refractivity contribution < 1.29 is 0 Å². The van der Waals surface area contributed by atoms with Crippen LogP contribution in [0.1, 0.15) is 45.4 Å². The first-order valence-electron chi connectivity index (χ1n) is 7.94. The Hall–Kier alpha value is -1.42. The molecule has 1 saturated heterocycles. The Balaban J connectivity index is 2.02. The molecule has 0 N–H and O–H groups in total. The van der Waals surface area contributed by atoms with Gasteiger partial charge in [0.2, 0.25) is 0 Å². The highest BCUT2D eigenvalue weighted by atomic mass is 15.1.